The predicted octanol–water partition coefficient (Wildman–Crippen LogP) is 7.00. The molecule has 7 heteroatoms. The summed E-state index contributed by atoms with van der Waals surface area (Å²) in [6, 6.07) is 20.1. The zero-order valence-corrected chi connectivity index (χ0v) is 20.8. The van der Waals surface area contributed by atoms with Crippen LogP contribution in [0.5, 0.6) is 28.9 Å². The number of carbonyl (C=O) groups excluding carboxylic acids is 1. The van der Waals surface area contributed by atoms with E-state index in [0.717, 1.165) is 10.9 Å². The summed E-state index contributed by atoms with van der Waals surface area (Å²) in [6.07, 6.45) is 6.25. The van der Waals surface area contributed by atoms with Crippen LogP contribution >= 0.6 is 11.6 Å². The Morgan fingerprint density at radius 3 is 2.19 bits per heavy atom. The van der Waals surface area contributed by atoms with Crippen molar-refractivity contribution in [3.05, 3.63) is 95.0 Å². The fourth-order valence-corrected chi connectivity index (χ4v) is 3.72. The van der Waals surface area contributed by atoms with E-state index in [9.17, 15) is 4.79 Å². The molecule has 0 saturated heterocycles. The normalized spacial score (nSPS) is 11.2. The Kier molecular flexibility index (Phi) is 7.88. The molecule has 1 heterocycles. The molecule has 0 radical (unpaired) electrons. The van der Waals surface area contributed by atoms with Gasteiger partial charge in [0, 0.05) is 27.6 Å². The maximum Gasteiger partial charge on any atom is 0.227 e. The van der Waals surface area contributed by atoms with E-state index < -0.39 is 0 Å². The Morgan fingerprint density at radius 1 is 0.778 bits per heavy atom. The second-order valence-electron chi connectivity index (χ2n) is 7.65. The number of ether oxygens (including phenoxy) is 4. The van der Waals surface area contributed by atoms with Gasteiger partial charge in [0.1, 0.15) is 11.5 Å². The molecule has 0 aliphatic carbocycles. The van der Waals surface area contributed by atoms with E-state index in [2.05, 4.69) is 4.98 Å². The summed E-state index contributed by atoms with van der Waals surface area (Å²) in [5.41, 5.74) is 2.10. The van der Waals surface area contributed by atoms with Crippen molar-refractivity contribution in [1.29, 1.82) is 0 Å². The number of aromatic nitrogens is 1. The highest BCUT2D eigenvalue weighted by Crippen LogP contribution is 2.35. The fraction of sp³-hybridized carbons (Fsp3) is 0.103. The number of rotatable bonds is 9. The van der Waals surface area contributed by atoms with Gasteiger partial charge in [-0.2, -0.15) is 0 Å². The van der Waals surface area contributed by atoms with Gasteiger partial charge in [-0.1, -0.05) is 35.9 Å². The number of methoxy groups -OCH3 is 3. The van der Waals surface area contributed by atoms with Crippen LogP contribution in [-0.4, -0.2) is 32.1 Å². The van der Waals surface area contributed by atoms with Gasteiger partial charge in [-0.15, -0.1) is 0 Å². The second-order valence-corrected chi connectivity index (χ2v) is 8.09. The van der Waals surface area contributed by atoms with E-state index in [1.54, 1.807) is 69.9 Å². The van der Waals surface area contributed by atoms with Crippen molar-refractivity contribution in [2.45, 2.75) is 0 Å². The summed E-state index contributed by atoms with van der Waals surface area (Å²) >= 11 is 6.10. The average molecular weight is 502 g/mol. The molecule has 3 aromatic carbocycles. The molecule has 182 valence electrons. The lowest BCUT2D eigenvalue weighted by molar-refractivity contribution is -0.110. The predicted molar refractivity (Wildman–Crippen MR) is 142 cm³/mol. The molecule has 1 aromatic heterocycles. The molecule has 0 amide bonds. The first-order chi connectivity index (χ1) is 17.5. The van der Waals surface area contributed by atoms with Gasteiger partial charge >= 0.3 is 0 Å². The van der Waals surface area contributed by atoms with Crippen LogP contribution in [-0.2, 0) is 4.79 Å². The molecule has 0 aliphatic heterocycles. The van der Waals surface area contributed by atoms with Gasteiger partial charge in [-0.3, -0.25) is 4.79 Å². The summed E-state index contributed by atoms with van der Waals surface area (Å²) in [5.74, 6) is 2.31. The van der Waals surface area contributed by atoms with E-state index in [-0.39, 0.29) is 5.78 Å². The third-order valence-corrected chi connectivity index (χ3v) is 5.55. The number of nitrogens with zero attached hydrogens (tertiary/aromatic N) is 1. The van der Waals surface area contributed by atoms with E-state index >= 15 is 0 Å². The number of halogens is 1. The zero-order valence-electron chi connectivity index (χ0n) is 20.0. The summed E-state index contributed by atoms with van der Waals surface area (Å²) in [4.78, 5) is 17.3. The van der Waals surface area contributed by atoms with Gasteiger partial charge in [0.05, 0.1) is 26.8 Å². The van der Waals surface area contributed by atoms with Crippen LogP contribution in [0.1, 0.15) is 11.1 Å². The number of para-hydroxylation sites is 1. The number of ketones is 1. The highest BCUT2D eigenvalue weighted by molar-refractivity contribution is 6.30. The second kappa shape index (κ2) is 11.4. The van der Waals surface area contributed by atoms with Crippen molar-refractivity contribution in [2.75, 3.05) is 21.3 Å². The molecular weight excluding hydrogens is 478 g/mol. The molecule has 4 aromatic rings. The lowest BCUT2D eigenvalue weighted by Gasteiger charge is -2.12. The first-order valence-electron chi connectivity index (χ1n) is 11.0. The van der Waals surface area contributed by atoms with Gasteiger partial charge in [0.25, 0.3) is 0 Å². The number of benzene rings is 3. The van der Waals surface area contributed by atoms with Crippen LogP contribution in [0.4, 0.5) is 0 Å². The van der Waals surface area contributed by atoms with Gasteiger partial charge in [0.2, 0.25) is 5.88 Å². The highest BCUT2D eigenvalue weighted by Gasteiger charge is 2.11. The van der Waals surface area contributed by atoms with E-state index in [1.807, 2.05) is 30.3 Å². The van der Waals surface area contributed by atoms with Crippen LogP contribution in [0.2, 0.25) is 5.02 Å². The van der Waals surface area contributed by atoms with Crippen molar-refractivity contribution < 1.29 is 23.7 Å². The highest BCUT2D eigenvalue weighted by atomic mass is 35.5. The van der Waals surface area contributed by atoms with Crippen LogP contribution in [0.3, 0.4) is 0 Å². The van der Waals surface area contributed by atoms with E-state index in [0.29, 0.717) is 45.0 Å². The lowest BCUT2D eigenvalue weighted by Crippen LogP contribution is -1.95. The number of fused-ring (bicyclic) bond motifs is 1. The number of allylic oxidation sites excluding steroid dienone is 2. The smallest absolute Gasteiger partial charge is 0.227 e. The minimum atomic E-state index is -0.228. The number of pyridine rings is 1. The maximum absolute atomic E-state index is 12.7. The van der Waals surface area contributed by atoms with Gasteiger partial charge in [-0.25, -0.2) is 4.98 Å². The molecule has 0 N–H and O–H groups in total. The Labute approximate surface area is 214 Å². The SMILES string of the molecule is COc1cc(OC)c(OC)cc1/C=C/C(=O)/C=C/c1cc2ccccc2nc1Oc1cccc(Cl)c1. The Hall–Kier alpha value is -4.29. The van der Waals surface area contributed by atoms with Crippen molar-refractivity contribution in [2.24, 2.45) is 0 Å². The lowest BCUT2D eigenvalue weighted by atomic mass is 10.1. The molecule has 0 atom stereocenters. The molecule has 0 unspecified atom stereocenters. The molecule has 0 bridgehead atoms. The maximum atomic E-state index is 12.7. The molecular formula is C29H24ClNO5. The van der Waals surface area contributed by atoms with Crippen LogP contribution in [0, 0.1) is 0 Å². The van der Waals surface area contributed by atoms with Gasteiger partial charge in [0.15, 0.2) is 17.3 Å². The van der Waals surface area contributed by atoms with Gasteiger partial charge in [-0.05, 0) is 60.7 Å². The van der Waals surface area contributed by atoms with Gasteiger partial charge < -0.3 is 18.9 Å². The third kappa shape index (κ3) is 5.85. The first kappa shape index (κ1) is 24.8. The molecule has 0 spiro atoms. The molecule has 36 heavy (non-hydrogen) atoms. The Morgan fingerprint density at radius 2 is 1.47 bits per heavy atom. The largest absolute Gasteiger partial charge is 0.496 e. The summed E-state index contributed by atoms with van der Waals surface area (Å²) in [7, 11) is 4.65. The molecule has 6 nitrogen and oxygen atoms in total. The van der Waals surface area contributed by atoms with Crippen LogP contribution < -0.4 is 18.9 Å². The summed E-state index contributed by atoms with van der Waals surface area (Å²) < 4.78 is 22.1. The topological polar surface area (TPSA) is 66.9 Å². The van der Waals surface area contributed by atoms with E-state index in [1.165, 1.54) is 12.2 Å². The van der Waals surface area contributed by atoms with E-state index in [4.69, 9.17) is 30.5 Å². The van der Waals surface area contributed by atoms with Crippen molar-refractivity contribution >= 4 is 40.4 Å². The summed E-state index contributed by atoms with van der Waals surface area (Å²) in [6.45, 7) is 0. The molecule has 0 fully saturated rings. The summed E-state index contributed by atoms with van der Waals surface area (Å²) in [5, 5.41) is 1.48. The standard InChI is InChI=1S/C29H24ClNO5/c1-33-26-18-28(35-3)27(34-2)16-20(26)11-13-23(32)14-12-21-15-19-7-4-5-10-25(19)31-29(21)36-24-9-6-8-22(30)17-24/h4-18H,1-3H3/b13-11+,14-12+. The van der Waals surface area contributed by atoms with Crippen LogP contribution in [0.15, 0.2) is 78.9 Å². The van der Waals surface area contributed by atoms with Crippen molar-refractivity contribution in [3.63, 3.8) is 0 Å². The van der Waals surface area contributed by atoms with Crippen LogP contribution in [0.25, 0.3) is 23.1 Å². The van der Waals surface area contributed by atoms with Crippen molar-refractivity contribution in [1.82, 2.24) is 4.98 Å². The Bertz CT molecular complexity index is 1460. The molecule has 0 saturated carbocycles. The quantitative estimate of drug-likeness (QED) is 0.230. The first-order valence-corrected chi connectivity index (χ1v) is 11.4. The number of hydrogen-bond donors (Lipinski definition) is 0. The molecule has 0 aliphatic rings. The number of hydrogen-bond acceptors (Lipinski definition) is 6. The number of carbonyl (C=O) groups is 1. The molecule has 4 rings (SSSR count). The van der Waals surface area contributed by atoms with Crippen molar-refractivity contribution in [3.8, 4) is 28.9 Å². The third-order valence-electron chi connectivity index (χ3n) is 5.32. The Balaban J connectivity index is 1.62. The fourth-order valence-electron chi connectivity index (χ4n) is 3.54. The average Bonchev–Trinajstić information content (AvgIpc) is 2.90. The zero-order chi connectivity index (χ0) is 25.5. The monoisotopic (exact) mass is 501 g/mol. The minimum absolute atomic E-state index is 0.228. The minimum Gasteiger partial charge on any atom is -0.496 e.